The second-order valence-corrected chi connectivity index (χ2v) is 6.58. The van der Waals surface area contributed by atoms with E-state index in [1.807, 2.05) is 25.7 Å². The minimum absolute atomic E-state index is 0.00535. The van der Waals surface area contributed by atoms with Crippen molar-refractivity contribution in [2.24, 2.45) is 5.92 Å². The van der Waals surface area contributed by atoms with Crippen molar-refractivity contribution in [1.29, 1.82) is 0 Å². The molecule has 5 unspecified atom stereocenters. The largest absolute Gasteiger partial charge is 0.373 e. The van der Waals surface area contributed by atoms with E-state index >= 15 is 0 Å². The van der Waals surface area contributed by atoms with Crippen LogP contribution in [0.25, 0.3) is 0 Å². The molecule has 5 atom stereocenters. The van der Waals surface area contributed by atoms with Crippen molar-refractivity contribution < 1.29 is 14.3 Å². The molecule has 20 heavy (non-hydrogen) atoms. The van der Waals surface area contributed by atoms with Gasteiger partial charge in [0.15, 0.2) is 0 Å². The number of carbonyl (C=O) groups is 2. The summed E-state index contributed by atoms with van der Waals surface area (Å²) in [5, 5.41) is 2.87. The zero-order chi connectivity index (χ0) is 14.4. The van der Waals surface area contributed by atoms with E-state index in [1.165, 1.54) is 0 Å². The predicted molar refractivity (Wildman–Crippen MR) is 74.0 cm³/mol. The van der Waals surface area contributed by atoms with Gasteiger partial charge >= 0.3 is 0 Å². The maximum Gasteiger partial charge on any atom is 0.246 e. The molecule has 0 spiro atoms. The van der Waals surface area contributed by atoms with Crippen LogP contribution in [-0.4, -0.2) is 47.0 Å². The molecule has 3 heterocycles. The Morgan fingerprint density at radius 3 is 2.60 bits per heavy atom. The number of hydrogen-bond donors (Lipinski definition) is 1. The first-order valence-electron chi connectivity index (χ1n) is 7.81. The van der Waals surface area contributed by atoms with Gasteiger partial charge in [0.25, 0.3) is 0 Å². The molecule has 5 heteroatoms. The molecule has 0 aromatic carbocycles. The van der Waals surface area contributed by atoms with Crippen LogP contribution in [0, 0.1) is 5.92 Å². The fourth-order valence-electron chi connectivity index (χ4n) is 3.94. The molecule has 2 amide bonds. The van der Waals surface area contributed by atoms with E-state index in [0.29, 0.717) is 6.42 Å². The van der Waals surface area contributed by atoms with E-state index in [2.05, 4.69) is 5.32 Å². The summed E-state index contributed by atoms with van der Waals surface area (Å²) in [6.07, 6.45) is 4.07. The molecule has 0 saturated carbocycles. The van der Waals surface area contributed by atoms with Crippen LogP contribution in [0.1, 0.15) is 46.5 Å². The summed E-state index contributed by atoms with van der Waals surface area (Å²) in [7, 11) is 0. The maximum atomic E-state index is 12.7. The summed E-state index contributed by atoms with van der Waals surface area (Å²) in [5.41, 5.74) is 0. The second kappa shape index (κ2) is 5.02. The zero-order valence-electron chi connectivity index (χ0n) is 12.5. The highest BCUT2D eigenvalue weighted by atomic mass is 16.5. The number of nitrogens with one attached hydrogen (secondary N) is 1. The Morgan fingerprint density at radius 2 is 2.10 bits per heavy atom. The molecule has 0 aromatic rings. The van der Waals surface area contributed by atoms with Crippen LogP contribution >= 0.6 is 0 Å². The lowest BCUT2D eigenvalue weighted by molar-refractivity contribution is -0.155. The van der Waals surface area contributed by atoms with Crippen molar-refractivity contribution in [2.75, 3.05) is 0 Å². The number of nitrogens with zero attached hydrogens (tertiary/aromatic N) is 1. The van der Waals surface area contributed by atoms with Gasteiger partial charge in [-0.15, -0.1) is 0 Å². The molecular formula is C15H24N2O3. The van der Waals surface area contributed by atoms with Gasteiger partial charge in [-0.2, -0.15) is 0 Å². The molecule has 3 aliphatic rings. The number of amides is 2. The van der Waals surface area contributed by atoms with Gasteiger partial charge in [0.2, 0.25) is 11.8 Å². The van der Waals surface area contributed by atoms with E-state index in [1.54, 1.807) is 0 Å². The van der Waals surface area contributed by atoms with Gasteiger partial charge in [0.1, 0.15) is 12.1 Å². The summed E-state index contributed by atoms with van der Waals surface area (Å²) in [5.74, 6) is 0.192. The standard InChI is InChI=1S/C15H24N2O3/c1-4-10-15(19)17(13(8(2)3)14(18)16-10)11-7-9-5-6-12(11)20-9/h8-13H,4-7H2,1-3H3,(H,16,18). The van der Waals surface area contributed by atoms with Crippen LogP contribution < -0.4 is 5.32 Å². The topological polar surface area (TPSA) is 58.6 Å². The van der Waals surface area contributed by atoms with E-state index in [4.69, 9.17) is 4.74 Å². The van der Waals surface area contributed by atoms with Gasteiger partial charge in [0, 0.05) is 0 Å². The Balaban J connectivity index is 1.89. The predicted octanol–water partition coefficient (Wildman–Crippen LogP) is 1.07. The number of hydrogen-bond acceptors (Lipinski definition) is 3. The summed E-state index contributed by atoms with van der Waals surface area (Å²) < 4.78 is 5.89. The van der Waals surface area contributed by atoms with Crippen LogP contribution in [0.3, 0.4) is 0 Å². The molecule has 0 aliphatic carbocycles. The van der Waals surface area contributed by atoms with E-state index in [0.717, 1.165) is 19.3 Å². The van der Waals surface area contributed by atoms with Gasteiger partial charge in [0.05, 0.1) is 18.2 Å². The lowest BCUT2D eigenvalue weighted by Crippen LogP contribution is -2.68. The van der Waals surface area contributed by atoms with Crippen LogP contribution in [0.5, 0.6) is 0 Å². The number of rotatable bonds is 3. The summed E-state index contributed by atoms with van der Waals surface area (Å²) in [4.78, 5) is 27.0. The lowest BCUT2D eigenvalue weighted by Gasteiger charge is -2.45. The fourth-order valence-corrected chi connectivity index (χ4v) is 3.94. The molecule has 3 fully saturated rings. The van der Waals surface area contributed by atoms with Crippen LogP contribution in [0.4, 0.5) is 0 Å². The third-order valence-corrected chi connectivity index (χ3v) is 4.91. The lowest BCUT2D eigenvalue weighted by atomic mass is 9.88. The SMILES string of the molecule is CCC1NC(=O)C(C(C)C)N(C2CC3CCC2O3)C1=O. The van der Waals surface area contributed by atoms with E-state index in [-0.39, 0.29) is 48.1 Å². The minimum atomic E-state index is -0.364. The molecular weight excluding hydrogens is 256 g/mol. The zero-order valence-corrected chi connectivity index (χ0v) is 12.5. The smallest absolute Gasteiger partial charge is 0.246 e. The second-order valence-electron chi connectivity index (χ2n) is 6.58. The first-order valence-corrected chi connectivity index (χ1v) is 7.81. The Hall–Kier alpha value is -1.10. The first-order chi connectivity index (χ1) is 9.52. The van der Waals surface area contributed by atoms with E-state index in [9.17, 15) is 9.59 Å². The first kappa shape index (κ1) is 13.9. The van der Waals surface area contributed by atoms with Crippen LogP contribution in [-0.2, 0) is 14.3 Å². The third kappa shape index (κ3) is 2.03. The summed E-state index contributed by atoms with van der Waals surface area (Å²) in [6, 6.07) is -0.622. The highest BCUT2D eigenvalue weighted by Crippen LogP contribution is 2.39. The molecule has 3 saturated heterocycles. The Kier molecular flexibility index (Phi) is 3.48. The summed E-state index contributed by atoms with van der Waals surface area (Å²) in [6.45, 7) is 5.95. The van der Waals surface area contributed by atoms with Crippen LogP contribution in [0.2, 0.25) is 0 Å². The number of ether oxygens (including phenoxy) is 1. The van der Waals surface area contributed by atoms with Crippen LogP contribution in [0.15, 0.2) is 0 Å². The molecule has 0 aromatic heterocycles. The van der Waals surface area contributed by atoms with Gasteiger partial charge in [-0.1, -0.05) is 20.8 Å². The van der Waals surface area contributed by atoms with Crippen molar-refractivity contribution in [3.8, 4) is 0 Å². The normalized spacial score (nSPS) is 40.6. The fraction of sp³-hybridized carbons (Fsp3) is 0.867. The number of piperazine rings is 1. The van der Waals surface area contributed by atoms with E-state index < -0.39 is 0 Å². The van der Waals surface area contributed by atoms with Gasteiger partial charge in [-0.25, -0.2) is 0 Å². The minimum Gasteiger partial charge on any atom is -0.373 e. The Morgan fingerprint density at radius 1 is 1.35 bits per heavy atom. The average molecular weight is 280 g/mol. The Labute approximate surface area is 120 Å². The van der Waals surface area contributed by atoms with Gasteiger partial charge < -0.3 is 15.0 Å². The molecule has 2 bridgehead atoms. The van der Waals surface area contributed by atoms with Gasteiger partial charge in [-0.05, 0) is 31.6 Å². The molecule has 3 rings (SSSR count). The van der Waals surface area contributed by atoms with Crippen molar-refractivity contribution in [3.05, 3.63) is 0 Å². The summed E-state index contributed by atoms with van der Waals surface area (Å²) >= 11 is 0. The third-order valence-electron chi connectivity index (χ3n) is 4.91. The van der Waals surface area contributed by atoms with Crippen molar-refractivity contribution in [2.45, 2.75) is 76.8 Å². The quantitative estimate of drug-likeness (QED) is 0.841. The molecule has 5 nitrogen and oxygen atoms in total. The number of carbonyl (C=O) groups excluding carboxylic acids is 2. The highest BCUT2D eigenvalue weighted by Gasteiger charge is 2.51. The molecule has 3 aliphatic heterocycles. The van der Waals surface area contributed by atoms with Crippen molar-refractivity contribution >= 4 is 11.8 Å². The molecule has 1 N–H and O–H groups in total. The highest BCUT2D eigenvalue weighted by molar-refractivity contribution is 5.97. The Bertz CT molecular complexity index is 423. The molecule has 112 valence electrons. The number of fused-ring (bicyclic) bond motifs is 2. The monoisotopic (exact) mass is 280 g/mol. The maximum absolute atomic E-state index is 12.7. The average Bonchev–Trinajstić information content (AvgIpc) is 3.02. The molecule has 0 radical (unpaired) electrons. The van der Waals surface area contributed by atoms with Gasteiger partial charge in [-0.3, -0.25) is 9.59 Å². The van der Waals surface area contributed by atoms with Crippen molar-refractivity contribution in [3.63, 3.8) is 0 Å². The van der Waals surface area contributed by atoms with Crippen molar-refractivity contribution in [1.82, 2.24) is 10.2 Å².